The third kappa shape index (κ3) is 3.77. The fraction of sp³-hybridized carbons (Fsp3) is 0.167. The van der Waals surface area contributed by atoms with Crippen LogP contribution in [-0.4, -0.2) is 7.11 Å². The van der Waals surface area contributed by atoms with Gasteiger partial charge in [0.25, 0.3) is 0 Å². The lowest BCUT2D eigenvalue weighted by molar-refractivity contribution is 0.307. The molecule has 1 aliphatic rings. The highest BCUT2D eigenvalue weighted by Gasteiger charge is 1.99. The van der Waals surface area contributed by atoms with E-state index in [1.54, 1.807) is 13.2 Å². The second kappa shape index (κ2) is 5.75. The van der Waals surface area contributed by atoms with E-state index >= 15 is 0 Å². The lowest BCUT2D eigenvalue weighted by Crippen LogP contribution is -1.85. The first kappa shape index (κ1) is 11.2. The Labute approximate surface area is 89.1 Å². The van der Waals surface area contributed by atoms with Gasteiger partial charge in [-0.1, -0.05) is 30.9 Å². The molecule has 0 fully saturated rings. The van der Waals surface area contributed by atoms with Gasteiger partial charge in [0.2, 0.25) is 0 Å². The number of nitroso groups, excluding NO2 is 1. The first-order chi connectivity index (χ1) is 7.26. The van der Waals surface area contributed by atoms with Crippen molar-refractivity contribution in [2.75, 3.05) is 7.11 Å². The average Bonchev–Trinajstić information content (AvgIpc) is 2.50. The smallest absolute Gasteiger partial charge is 0.118 e. The minimum Gasteiger partial charge on any atom is -0.497 e. The van der Waals surface area contributed by atoms with Gasteiger partial charge in [0, 0.05) is 5.92 Å². The summed E-state index contributed by atoms with van der Waals surface area (Å²) in [6.45, 7) is 3.46. The number of nitrogens with zero attached hydrogens (tertiary/aromatic N) is 1. The monoisotopic (exact) mass is 203 g/mol. The van der Waals surface area contributed by atoms with Gasteiger partial charge >= 0.3 is 0 Å². The first-order valence-corrected chi connectivity index (χ1v) is 4.57. The molecule has 0 aromatic rings. The number of hydrogen-bond acceptors (Lipinski definition) is 3. The fourth-order valence-corrected chi connectivity index (χ4v) is 1.12. The maximum atomic E-state index is 10.1. The molecule has 0 saturated heterocycles. The number of rotatable bonds is 4. The van der Waals surface area contributed by atoms with Gasteiger partial charge in [-0.15, -0.1) is 4.91 Å². The molecule has 3 nitrogen and oxygen atoms in total. The Hall–Kier alpha value is -1.90. The molecule has 0 radical (unpaired) electrons. The van der Waals surface area contributed by atoms with Gasteiger partial charge < -0.3 is 4.74 Å². The number of allylic oxidation sites excluding steroid dienone is 7. The fourth-order valence-electron chi connectivity index (χ4n) is 1.12. The SMILES string of the molecule is C=C(/C=C\C1C=CC=C(OC)C=C1)N=O. The minimum absolute atomic E-state index is 0.132. The Kier molecular flexibility index (Phi) is 4.29. The van der Waals surface area contributed by atoms with E-state index in [0.717, 1.165) is 5.76 Å². The van der Waals surface area contributed by atoms with Gasteiger partial charge in [0.15, 0.2) is 0 Å². The molecule has 0 N–H and O–H groups in total. The van der Waals surface area contributed by atoms with Crippen LogP contribution in [0.25, 0.3) is 0 Å². The summed E-state index contributed by atoms with van der Waals surface area (Å²) < 4.78 is 5.08. The molecule has 1 aliphatic carbocycles. The largest absolute Gasteiger partial charge is 0.497 e. The van der Waals surface area contributed by atoms with Crippen LogP contribution in [-0.2, 0) is 4.74 Å². The highest BCUT2D eigenvalue weighted by molar-refractivity contribution is 5.28. The van der Waals surface area contributed by atoms with Gasteiger partial charge in [-0.2, -0.15) is 0 Å². The Balaban J connectivity index is 2.65. The molecule has 1 atom stereocenters. The molecule has 78 valence electrons. The van der Waals surface area contributed by atoms with Crippen LogP contribution in [0, 0.1) is 10.8 Å². The summed E-state index contributed by atoms with van der Waals surface area (Å²) in [5.41, 5.74) is 0.223. The van der Waals surface area contributed by atoms with Crippen molar-refractivity contribution in [3.05, 3.63) is 65.5 Å². The number of ether oxygens (including phenoxy) is 1. The Morgan fingerprint density at radius 1 is 1.60 bits per heavy atom. The van der Waals surface area contributed by atoms with Crippen molar-refractivity contribution < 1.29 is 4.74 Å². The predicted octanol–water partition coefficient (Wildman–Crippen LogP) is 3.10. The number of methoxy groups -OCH3 is 1. The zero-order valence-corrected chi connectivity index (χ0v) is 8.59. The summed E-state index contributed by atoms with van der Waals surface area (Å²) >= 11 is 0. The quantitative estimate of drug-likeness (QED) is 0.520. The summed E-state index contributed by atoms with van der Waals surface area (Å²) in [4.78, 5) is 10.1. The third-order valence-corrected chi connectivity index (χ3v) is 1.94. The molecular formula is C12H13NO2. The van der Waals surface area contributed by atoms with Crippen molar-refractivity contribution in [3.63, 3.8) is 0 Å². The van der Waals surface area contributed by atoms with Gasteiger partial charge in [0.1, 0.15) is 11.5 Å². The molecule has 0 aromatic carbocycles. The first-order valence-electron chi connectivity index (χ1n) is 4.57. The van der Waals surface area contributed by atoms with Gasteiger partial charge in [-0.25, -0.2) is 0 Å². The van der Waals surface area contributed by atoms with Crippen LogP contribution in [0.3, 0.4) is 0 Å². The van der Waals surface area contributed by atoms with Crippen LogP contribution in [0.1, 0.15) is 0 Å². The lowest BCUT2D eigenvalue weighted by Gasteiger charge is -1.98. The van der Waals surface area contributed by atoms with Crippen molar-refractivity contribution in [2.24, 2.45) is 11.1 Å². The molecule has 0 spiro atoms. The van der Waals surface area contributed by atoms with Crippen molar-refractivity contribution >= 4 is 0 Å². The van der Waals surface area contributed by atoms with Crippen LogP contribution < -0.4 is 0 Å². The van der Waals surface area contributed by atoms with Crippen LogP contribution in [0.2, 0.25) is 0 Å². The van der Waals surface area contributed by atoms with Crippen molar-refractivity contribution in [1.82, 2.24) is 0 Å². The summed E-state index contributed by atoms with van der Waals surface area (Å²) in [5.74, 6) is 0.932. The van der Waals surface area contributed by atoms with E-state index in [1.165, 1.54) is 0 Å². The maximum absolute atomic E-state index is 10.1. The number of hydrogen-bond donors (Lipinski definition) is 0. The van der Waals surface area contributed by atoms with Crippen LogP contribution in [0.15, 0.2) is 65.7 Å². The van der Waals surface area contributed by atoms with Crippen LogP contribution >= 0.6 is 0 Å². The van der Waals surface area contributed by atoms with Gasteiger partial charge in [0.05, 0.1) is 7.11 Å². The Morgan fingerprint density at radius 3 is 3.07 bits per heavy atom. The minimum atomic E-state index is 0.132. The molecule has 15 heavy (non-hydrogen) atoms. The second-order valence-electron chi connectivity index (χ2n) is 3.04. The molecule has 3 heteroatoms. The summed E-state index contributed by atoms with van der Waals surface area (Å²) in [7, 11) is 1.62. The van der Waals surface area contributed by atoms with E-state index in [2.05, 4.69) is 11.8 Å². The van der Waals surface area contributed by atoms with Gasteiger partial charge in [-0.3, -0.25) is 0 Å². The van der Waals surface area contributed by atoms with E-state index in [0.29, 0.717) is 0 Å². The Bertz CT molecular complexity index is 362. The second-order valence-corrected chi connectivity index (χ2v) is 3.04. The molecule has 0 aliphatic heterocycles. The Morgan fingerprint density at radius 2 is 2.40 bits per heavy atom. The van der Waals surface area contributed by atoms with E-state index in [4.69, 9.17) is 4.74 Å². The highest BCUT2D eigenvalue weighted by atomic mass is 16.5. The average molecular weight is 203 g/mol. The molecule has 0 saturated carbocycles. The van der Waals surface area contributed by atoms with E-state index < -0.39 is 0 Å². The highest BCUT2D eigenvalue weighted by Crippen LogP contribution is 2.12. The van der Waals surface area contributed by atoms with E-state index in [9.17, 15) is 4.91 Å². The molecule has 0 amide bonds. The maximum Gasteiger partial charge on any atom is 0.118 e. The summed E-state index contributed by atoms with van der Waals surface area (Å²) in [5, 5.41) is 2.71. The standard InChI is InChI=1S/C12H13NO2/c1-10(13-14)6-7-11-4-3-5-12(15-2)9-8-11/h3-9,11H,1H2,2H3/b7-6-. The topological polar surface area (TPSA) is 38.7 Å². The molecule has 0 bridgehead atoms. The van der Waals surface area contributed by atoms with Crippen molar-refractivity contribution in [3.8, 4) is 0 Å². The molecule has 0 aromatic heterocycles. The summed E-state index contributed by atoms with van der Waals surface area (Å²) in [6, 6.07) is 0. The molecular weight excluding hydrogens is 190 g/mol. The third-order valence-electron chi connectivity index (χ3n) is 1.94. The lowest BCUT2D eigenvalue weighted by atomic mass is 10.1. The van der Waals surface area contributed by atoms with Crippen molar-refractivity contribution in [2.45, 2.75) is 0 Å². The zero-order valence-electron chi connectivity index (χ0n) is 8.59. The van der Waals surface area contributed by atoms with Crippen molar-refractivity contribution in [1.29, 1.82) is 0 Å². The zero-order chi connectivity index (χ0) is 11.1. The summed E-state index contributed by atoms with van der Waals surface area (Å²) in [6.07, 6.45) is 13.1. The molecule has 0 heterocycles. The normalized spacial score (nSPS) is 19.8. The van der Waals surface area contributed by atoms with Crippen LogP contribution in [0.4, 0.5) is 0 Å². The molecule has 1 unspecified atom stereocenters. The predicted molar refractivity (Wildman–Crippen MR) is 60.9 cm³/mol. The van der Waals surface area contributed by atoms with E-state index in [-0.39, 0.29) is 11.6 Å². The molecule has 1 rings (SSSR count). The van der Waals surface area contributed by atoms with E-state index in [1.807, 2.05) is 36.5 Å². The van der Waals surface area contributed by atoms with Crippen LogP contribution in [0.5, 0.6) is 0 Å². The van der Waals surface area contributed by atoms with Gasteiger partial charge in [-0.05, 0) is 23.4 Å².